The molecular formula is C17H27NO3. The Balaban J connectivity index is 1.97. The van der Waals surface area contributed by atoms with Crippen LogP contribution in [0, 0.1) is 0 Å². The number of aliphatic hydroxyl groups is 1. The standard InChI is InChI=1S/C17H27NO3/c1-4-15-12-21-13(3)10-18(15)11-17(19)14-6-8-16(9-7-14)20-5-2/h6-9,13,15,17,19H,4-5,10-12H2,1-3H3. The molecule has 0 aliphatic carbocycles. The first-order valence-corrected chi connectivity index (χ1v) is 7.90. The molecule has 1 aromatic rings. The number of benzene rings is 1. The fraction of sp³-hybridized carbons (Fsp3) is 0.647. The van der Waals surface area contributed by atoms with E-state index in [9.17, 15) is 5.11 Å². The van der Waals surface area contributed by atoms with Gasteiger partial charge in [-0.15, -0.1) is 0 Å². The summed E-state index contributed by atoms with van der Waals surface area (Å²) in [6.45, 7) is 9.17. The molecule has 118 valence electrons. The first-order chi connectivity index (χ1) is 10.1. The topological polar surface area (TPSA) is 41.9 Å². The predicted molar refractivity (Wildman–Crippen MR) is 83.6 cm³/mol. The number of ether oxygens (including phenoxy) is 2. The van der Waals surface area contributed by atoms with Crippen LogP contribution in [-0.4, -0.2) is 48.5 Å². The molecular weight excluding hydrogens is 266 g/mol. The van der Waals surface area contributed by atoms with Gasteiger partial charge in [0.1, 0.15) is 5.75 Å². The lowest BCUT2D eigenvalue weighted by molar-refractivity contribution is -0.0681. The molecule has 0 bridgehead atoms. The number of morpholine rings is 1. The molecule has 1 aliphatic rings. The molecule has 1 aliphatic heterocycles. The van der Waals surface area contributed by atoms with E-state index in [1.807, 2.05) is 31.2 Å². The molecule has 0 radical (unpaired) electrons. The number of rotatable bonds is 6. The van der Waals surface area contributed by atoms with Gasteiger partial charge in [-0.2, -0.15) is 0 Å². The van der Waals surface area contributed by atoms with Gasteiger partial charge in [-0.1, -0.05) is 19.1 Å². The van der Waals surface area contributed by atoms with Crippen LogP contribution in [0.2, 0.25) is 0 Å². The Morgan fingerprint density at radius 2 is 2.05 bits per heavy atom. The van der Waals surface area contributed by atoms with Crippen molar-refractivity contribution in [3.05, 3.63) is 29.8 Å². The Morgan fingerprint density at radius 3 is 2.67 bits per heavy atom. The molecule has 0 aromatic heterocycles. The smallest absolute Gasteiger partial charge is 0.119 e. The highest BCUT2D eigenvalue weighted by molar-refractivity contribution is 5.28. The Morgan fingerprint density at radius 1 is 1.33 bits per heavy atom. The molecule has 3 unspecified atom stereocenters. The van der Waals surface area contributed by atoms with E-state index in [0.717, 1.165) is 30.9 Å². The maximum absolute atomic E-state index is 10.5. The van der Waals surface area contributed by atoms with Crippen LogP contribution >= 0.6 is 0 Å². The zero-order valence-corrected chi connectivity index (χ0v) is 13.3. The van der Waals surface area contributed by atoms with Gasteiger partial charge < -0.3 is 14.6 Å². The largest absolute Gasteiger partial charge is 0.494 e. The average Bonchev–Trinajstić information content (AvgIpc) is 2.48. The van der Waals surface area contributed by atoms with Gasteiger partial charge in [-0.3, -0.25) is 4.90 Å². The van der Waals surface area contributed by atoms with Crippen molar-refractivity contribution in [3.8, 4) is 5.75 Å². The third-order valence-corrected chi connectivity index (χ3v) is 4.04. The quantitative estimate of drug-likeness (QED) is 0.875. The number of β-amino-alcohol motifs (C(OH)–C–C–N with tert-alkyl or cyclic N) is 1. The van der Waals surface area contributed by atoms with E-state index in [2.05, 4.69) is 18.7 Å². The van der Waals surface area contributed by atoms with Gasteiger partial charge in [0, 0.05) is 19.1 Å². The minimum Gasteiger partial charge on any atom is -0.494 e. The summed E-state index contributed by atoms with van der Waals surface area (Å²) in [6.07, 6.45) is 0.809. The molecule has 1 N–H and O–H groups in total. The number of hydrogen-bond donors (Lipinski definition) is 1. The lowest BCUT2D eigenvalue weighted by atomic mass is 10.1. The Labute approximate surface area is 127 Å². The molecule has 1 fully saturated rings. The Kier molecular flexibility index (Phi) is 6.03. The lowest BCUT2D eigenvalue weighted by Crippen LogP contribution is -2.49. The fourth-order valence-electron chi connectivity index (χ4n) is 2.79. The SMILES string of the molecule is CCOc1ccc(C(O)CN2CC(C)OCC2CC)cc1. The molecule has 2 rings (SSSR count). The molecule has 3 atom stereocenters. The van der Waals surface area contributed by atoms with E-state index < -0.39 is 6.10 Å². The molecule has 21 heavy (non-hydrogen) atoms. The highest BCUT2D eigenvalue weighted by Crippen LogP contribution is 2.22. The predicted octanol–water partition coefficient (Wildman–Crippen LogP) is 2.62. The second-order valence-electron chi connectivity index (χ2n) is 5.68. The van der Waals surface area contributed by atoms with Crippen LogP contribution in [0.15, 0.2) is 24.3 Å². The molecule has 4 nitrogen and oxygen atoms in total. The van der Waals surface area contributed by atoms with E-state index in [0.29, 0.717) is 19.2 Å². The van der Waals surface area contributed by atoms with Crippen LogP contribution in [0.1, 0.15) is 38.9 Å². The molecule has 0 spiro atoms. The first-order valence-electron chi connectivity index (χ1n) is 7.90. The third kappa shape index (κ3) is 4.43. The zero-order chi connectivity index (χ0) is 15.2. The summed E-state index contributed by atoms with van der Waals surface area (Å²) in [6, 6.07) is 8.13. The monoisotopic (exact) mass is 293 g/mol. The van der Waals surface area contributed by atoms with Gasteiger partial charge in [-0.05, 0) is 38.0 Å². The van der Waals surface area contributed by atoms with Crippen molar-refractivity contribution in [2.75, 3.05) is 26.3 Å². The lowest BCUT2D eigenvalue weighted by Gasteiger charge is -2.39. The van der Waals surface area contributed by atoms with Crippen molar-refractivity contribution in [3.63, 3.8) is 0 Å². The summed E-state index contributed by atoms with van der Waals surface area (Å²) in [5.41, 5.74) is 0.937. The van der Waals surface area contributed by atoms with Crippen LogP contribution < -0.4 is 4.74 Å². The summed E-state index contributed by atoms with van der Waals surface area (Å²) in [7, 11) is 0. The van der Waals surface area contributed by atoms with E-state index in [4.69, 9.17) is 9.47 Å². The minimum absolute atomic E-state index is 0.236. The molecule has 1 heterocycles. The van der Waals surface area contributed by atoms with Crippen molar-refractivity contribution >= 4 is 0 Å². The molecule has 1 saturated heterocycles. The Bertz CT molecular complexity index is 421. The van der Waals surface area contributed by atoms with Gasteiger partial charge in [-0.25, -0.2) is 0 Å². The summed E-state index contributed by atoms with van der Waals surface area (Å²) in [5, 5.41) is 10.5. The molecule has 1 aromatic carbocycles. The first kappa shape index (κ1) is 16.3. The minimum atomic E-state index is -0.472. The van der Waals surface area contributed by atoms with Crippen LogP contribution in [0.25, 0.3) is 0 Å². The van der Waals surface area contributed by atoms with Crippen molar-refractivity contribution in [2.24, 2.45) is 0 Å². The third-order valence-electron chi connectivity index (χ3n) is 4.04. The maximum atomic E-state index is 10.5. The summed E-state index contributed by atoms with van der Waals surface area (Å²) < 4.78 is 11.1. The Hall–Kier alpha value is -1.10. The number of aliphatic hydroxyl groups excluding tert-OH is 1. The molecule has 0 amide bonds. The van der Waals surface area contributed by atoms with Crippen molar-refractivity contribution < 1.29 is 14.6 Å². The normalized spacial score (nSPS) is 24.8. The van der Waals surface area contributed by atoms with E-state index >= 15 is 0 Å². The van der Waals surface area contributed by atoms with E-state index in [1.165, 1.54) is 0 Å². The second kappa shape index (κ2) is 7.78. The van der Waals surface area contributed by atoms with E-state index in [-0.39, 0.29) is 6.10 Å². The average molecular weight is 293 g/mol. The molecule has 4 heteroatoms. The highest BCUT2D eigenvalue weighted by atomic mass is 16.5. The van der Waals surface area contributed by atoms with Gasteiger partial charge in [0.15, 0.2) is 0 Å². The summed E-state index contributed by atoms with van der Waals surface area (Å²) in [4.78, 5) is 2.34. The molecule has 0 saturated carbocycles. The van der Waals surface area contributed by atoms with E-state index in [1.54, 1.807) is 0 Å². The highest BCUT2D eigenvalue weighted by Gasteiger charge is 2.27. The summed E-state index contributed by atoms with van der Waals surface area (Å²) >= 11 is 0. The maximum Gasteiger partial charge on any atom is 0.119 e. The van der Waals surface area contributed by atoms with Gasteiger partial charge in [0.25, 0.3) is 0 Å². The van der Waals surface area contributed by atoms with Crippen molar-refractivity contribution in [1.82, 2.24) is 4.90 Å². The zero-order valence-electron chi connectivity index (χ0n) is 13.3. The fourth-order valence-corrected chi connectivity index (χ4v) is 2.79. The van der Waals surface area contributed by atoms with Gasteiger partial charge in [0.05, 0.1) is 25.4 Å². The number of nitrogens with zero attached hydrogens (tertiary/aromatic N) is 1. The summed E-state index contributed by atoms with van der Waals surface area (Å²) in [5.74, 6) is 0.847. The van der Waals surface area contributed by atoms with Crippen molar-refractivity contribution in [2.45, 2.75) is 45.4 Å². The van der Waals surface area contributed by atoms with Crippen molar-refractivity contribution in [1.29, 1.82) is 0 Å². The second-order valence-corrected chi connectivity index (χ2v) is 5.68. The van der Waals surface area contributed by atoms with Gasteiger partial charge >= 0.3 is 0 Å². The van der Waals surface area contributed by atoms with Crippen LogP contribution in [0.4, 0.5) is 0 Å². The van der Waals surface area contributed by atoms with Crippen LogP contribution in [-0.2, 0) is 4.74 Å². The van der Waals surface area contributed by atoms with Gasteiger partial charge in [0.2, 0.25) is 0 Å². The van der Waals surface area contributed by atoms with Crippen LogP contribution in [0.3, 0.4) is 0 Å². The number of hydrogen-bond acceptors (Lipinski definition) is 4. The van der Waals surface area contributed by atoms with Crippen LogP contribution in [0.5, 0.6) is 5.75 Å².